The van der Waals surface area contributed by atoms with Crippen molar-refractivity contribution in [3.05, 3.63) is 77.0 Å². The lowest BCUT2D eigenvalue weighted by Gasteiger charge is -2.25. The third-order valence-corrected chi connectivity index (χ3v) is 3.75. The van der Waals surface area contributed by atoms with Crippen LogP contribution in [0.2, 0.25) is 0 Å². The monoisotopic (exact) mass is 325 g/mol. The van der Waals surface area contributed by atoms with Gasteiger partial charge in [-0.1, -0.05) is 24.3 Å². The number of aliphatic imine (C=N–C) groups is 1. The number of amidine groups is 1. The van der Waals surface area contributed by atoms with E-state index in [1.165, 1.54) is 13.2 Å². The quantitative estimate of drug-likeness (QED) is 0.882. The molecule has 1 aromatic heterocycles. The number of hydrogen-bond acceptors (Lipinski definition) is 5. The van der Waals surface area contributed by atoms with Crippen molar-refractivity contribution in [1.29, 1.82) is 0 Å². The van der Waals surface area contributed by atoms with Crippen LogP contribution >= 0.6 is 0 Å². The number of nitrogens with one attached hydrogen (secondary N) is 1. The van der Waals surface area contributed by atoms with Gasteiger partial charge in [-0.15, -0.1) is 0 Å². The molecule has 0 saturated heterocycles. The van der Waals surface area contributed by atoms with Gasteiger partial charge in [0.2, 0.25) is 0 Å². The van der Waals surface area contributed by atoms with Crippen LogP contribution < -0.4 is 5.32 Å². The molecule has 0 spiro atoms. The Morgan fingerprint density at radius 2 is 1.96 bits per heavy atom. The first kappa shape index (κ1) is 15.9. The number of hydrogen-bond donors (Lipinski definition) is 1. The van der Waals surface area contributed by atoms with Crippen molar-refractivity contribution in [3.8, 4) is 0 Å². The van der Waals surface area contributed by atoms with Gasteiger partial charge >= 0.3 is 5.97 Å². The van der Waals surface area contributed by atoms with E-state index < -0.39 is 17.8 Å². The highest BCUT2D eigenvalue weighted by Gasteiger charge is 2.32. The van der Waals surface area contributed by atoms with E-state index in [1.807, 2.05) is 6.07 Å². The standard InChI is InChI=1S/C18H16FN3O2/c1-11-15(18(23)24-2)16(12-7-3-4-8-13(12)19)22-17(21-11)14-9-5-6-10-20-14/h3-10,16H,1-2H3,(H,21,22). The molecule has 1 N–H and O–H groups in total. The minimum Gasteiger partial charge on any atom is -0.466 e. The van der Waals surface area contributed by atoms with Crippen LogP contribution in [0.1, 0.15) is 24.2 Å². The van der Waals surface area contributed by atoms with E-state index in [1.54, 1.807) is 43.5 Å². The molecule has 2 aromatic rings. The second-order valence-electron chi connectivity index (χ2n) is 5.27. The van der Waals surface area contributed by atoms with Crippen LogP contribution in [0.3, 0.4) is 0 Å². The molecule has 1 unspecified atom stereocenters. The maximum absolute atomic E-state index is 14.3. The van der Waals surface area contributed by atoms with Gasteiger partial charge in [-0.05, 0) is 25.1 Å². The third kappa shape index (κ3) is 2.90. The number of methoxy groups -OCH3 is 1. The summed E-state index contributed by atoms with van der Waals surface area (Å²) in [5, 5.41) is 3.06. The molecule has 0 bridgehead atoms. The Morgan fingerprint density at radius 3 is 2.62 bits per heavy atom. The molecule has 6 heteroatoms. The first-order valence-electron chi connectivity index (χ1n) is 7.41. The summed E-state index contributed by atoms with van der Waals surface area (Å²) in [4.78, 5) is 21.0. The Hall–Kier alpha value is -3.02. The number of nitrogens with zero attached hydrogens (tertiary/aromatic N) is 2. The first-order chi connectivity index (χ1) is 11.6. The number of pyridine rings is 1. The molecule has 1 aliphatic heterocycles. The number of benzene rings is 1. The summed E-state index contributed by atoms with van der Waals surface area (Å²) in [7, 11) is 1.29. The van der Waals surface area contributed by atoms with Gasteiger partial charge in [0.1, 0.15) is 17.6 Å². The highest BCUT2D eigenvalue weighted by molar-refractivity contribution is 6.02. The second-order valence-corrected chi connectivity index (χ2v) is 5.27. The number of ether oxygens (including phenoxy) is 1. The molecule has 122 valence electrons. The maximum Gasteiger partial charge on any atom is 0.338 e. The number of halogens is 1. The van der Waals surface area contributed by atoms with Gasteiger partial charge in [0, 0.05) is 17.5 Å². The summed E-state index contributed by atoms with van der Waals surface area (Å²) in [6, 6.07) is 10.9. The number of aromatic nitrogens is 1. The number of rotatable bonds is 3. The van der Waals surface area contributed by atoms with Crippen LogP contribution in [0, 0.1) is 5.82 Å². The SMILES string of the molecule is COC(=O)C1=C(C)NC(c2ccccn2)=NC1c1ccccc1F. The van der Waals surface area contributed by atoms with Crippen molar-refractivity contribution in [1.82, 2.24) is 10.3 Å². The Morgan fingerprint density at radius 1 is 1.21 bits per heavy atom. The largest absolute Gasteiger partial charge is 0.466 e. The molecule has 24 heavy (non-hydrogen) atoms. The lowest BCUT2D eigenvalue weighted by atomic mass is 9.95. The zero-order valence-corrected chi connectivity index (χ0v) is 13.3. The molecule has 1 atom stereocenters. The smallest absolute Gasteiger partial charge is 0.338 e. The molecule has 0 amide bonds. The minimum atomic E-state index is -0.795. The van der Waals surface area contributed by atoms with E-state index in [9.17, 15) is 9.18 Å². The molecular weight excluding hydrogens is 309 g/mol. The summed E-state index contributed by atoms with van der Waals surface area (Å²) in [5.41, 5.74) is 1.77. The van der Waals surface area contributed by atoms with E-state index >= 15 is 0 Å². The summed E-state index contributed by atoms with van der Waals surface area (Å²) in [5.74, 6) is -0.492. The number of allylic oxidation sites excluding steroid dienone is 1. The maximum atomic E-state index is 14.3. The van der Waals surface area contributed by atoms with Crippen molar-refractivity contribution < 1.29 is 13.9 Å². The predicted octanol–water partition coefficient (Wildman–Crippen LogP) is 2.76. The van der Waals surface area contributed by atoms with Crippen molar-refractivity contribution >= 4 is 11.8 Å². The lowest BCUT2D eigenvalue weighted by molar-refractivity contribution is -0.136. The van der Waals surface area contributed by atoms with Gasteiger partial charge < -0.3 is 10.1 Å². The van der Waals surface area contributed by atoms with Crippen molar-refractivity contribution in [3.63, 3.8) is 0 Å². The average molecular weight is 325 g/mol. The molecule has 0 aliphatic carbocycles. The van der Waals surface area contributed by atoms with Crippen molar-refractivity contribution in [2.45, 2.75) is 13.0 Å². The number of esters is 1. The van der Waals surface area contributed by atoms with E-state index in [-0.39, 0.29) is 5.57 Å². The molecular formula is C18H16FN3O2. The molecule has 0 fully saturated rings. The highest BCUT2D eigenvalue weighted by atomic mass is 19.1. The third-order valence-electron chi connectivity index (χ3n) is 3.75. The van der Waals surface area contributed by atoms with Crippen LogP contribution in [0.4, 0.5) is 4.39 Å². The summed E-state index contributed by atoms with van der Waals surface area (Å²) in [6.45, 7) is 1.73. The van der Waals surface area contributed by atoms with Gasteiger partial charge in [-0.3, -0.25) is 9.98 Å². The summed E-state index contributed by atoms with van der Waals surface area (Å²) < 4.78 is 19.1. The molecule has 2 heterocycles. The Kier molecular flexibility index (Phi) is 4.37. The fourth-order valence-corrected chi connectivity index (χ4v) is 2.61. The van der Waals surface area contributed by atoms with Crippen molar-refractivity contribution in [2.75, 3.05) is 7.11 Å². The molecule has 1 aromatic carbocycles. The Labute approximate surface area is 138 Å². The lowest BCUT2D eigenvalue weighted by Crippen LogP contribution is -2.33. The van der Waals surface area contributed by atoms with Crippen LogP contribution in [0.15, 0.2) is 64.9 Å². The normalized spacial score (nSPS) is 17.1. The molecule has 3 rings (SSSR count). The van der Waals surface area contributed by atoms with Gasteiger partial charge in [-0.25, -0.2) is 9.18 Å². The van der Waals surface area contributed by atoms with Crippen LogP contribution in [-0.4, -0.2) is 23.9 Å². The van der Waals surface area contributed by atoms with Crippen LogP contribution in [0.5, 0.6) is 0 Å². The first-order valence-corrected chi connectivity index (χ1v) is 7.41. The van der Waals surface area contributed by atoms with E-state index in [0.29, 0.717) is 22.8 Å². The number of carbonyl (C=O) groups excluding carboxylic acids is 1. The summed E-state index contributed by atoms with van der Waals surface area (Å²) in [6.07, 6.45) is 1.65. The van der Waals surface area contributed by atoms with Gasteiger partial charge in [0.15, 0.2) is 5.84 Å². The zero-order chi connectivity index (χ0) is 17.1. The minimum absolute atomic E-state index is 0.280. The van der Waals surface area contributed by atoms with Crippen LogP contribution in [-0.2, 0) is 9.53 Å². The fraction of sp³-hybridized carbons (Fsp3) is 0.167. The highest BCUT2D eigenvalue weighted by Crippen LogP contribution is 2.33. The molecule has 0 radical (unpaired) electrons. The average Bonchev–Trinajstić information content (AvgIpc) is 2.61. The second kappa shape index (κ2) is 6.62. The zero-order valence-electron chi connectivity index (χ0n) is 13.3. The summed E-state index contributed by atoms with van der Waals surface area (Å²) >= 11 is 0. The molecule has 5 nitrogen and oxygen atoms in total. The van der Waals surface area contributed by atoms with E-state index in [0.717, 1.165) is 0 Å². The van der Waals surface area contributed by atoms with Gasteiger partial charge in [-0.2, -0.15) is 0 Å². The van der Waals surface area contributed by atoms with Crippen LogP contribution in [0.25, 0.3) is 0 Å². The Bertz CT molecular complexity index is 831. The topological polar surface area (TPSA) is 63.6 Å². The van der Waals surface area contributed by atoms with Gasteiger partial charge in [0.05, 0.1) is 12.7 Å². The van der Waals surface area contributed by atoms with E-state index in [2.05, 4.69) is 15.3 Å². The van der Waals surface area contributed by atoms with Crippen molar-refractivity contribution in [2.24, 2.45) is 4.99 Å². The Balaban J connectivity index is 2.13. The number of carbonyl (C=O) groups is 1. The van der Waals surface area contributed by atoms with E-state index in [4.69, 9.17) is 4.74 Å². The fourth-order valence-electron chi connectivity index (χ4n) is 2.61. The van der Waals surface area contributed by atoms with Gasteiger partial charge in [0.25, 0.3) is 0 Å². The molecule has 1 aliphatic rings. The predicted molar refractivity (Wildman–Crippen MR) is 87.8 cm³/mol. The molecule has 0 saturated carbocycles.